The molecule has 0 aliphatic heterocycles. The SMILES string of the molecule is O=C(CS(=O)c1ccccc1Br)c1cc(F)ccc1F. The van der Waals surface area contributed by atoms with Crippen molar-refractivity contribution >= 4 is 32.5 Å². The maximum absolute atomic E-state index is 13.5. The highest BCUT2D eigenvalue weighted by Gasteiger charge is 2.18. The third-order valence-electron chi connectivity index (χ3n) is 2.57. The fourth-order valence-electron chi connectivity index (χ4n) is 1.62. The first-order valence-corrected chi connectivity index (χ1v) is 7.71. The van der Waals surface area contributed by atoms with Gasteiger partial charge in [0.1, 0.15) is 11.6 Å². The third kappa shape index (κ3) is 3.37. The number of Topliss-reactive ketones (excluding diaryl/α,β-unsaturated/α-hetero) is 1. The molecule has 20 heavy (non-hydrogen) atoms. The smallest absolute Gasteiger partial charge is 0.178 e. The molecule has 2 rings (SSSR count). The number of hydrogen-bond donors (Lipinski definition) is 0. The van der Waals surface area contributed by atoms with Gasteiger partial charge in [0.25, 0.3) is 0 Å². The number of rotatable bonds is 4. The van der Waals surface area contributed by atoms with Crippen molar-refractivity contribution in [2.75, 3.05) is 5.75 Å². The van der Waals surface area contributed by atoms with Gasteiger partial charge in [-0.1, -0.05) is 12.1 Å². The van der Waals surface area contributed by atoms with Gasteiger partial charge in [-0.05, 0) is 46.3 Å². The Hall–Kier alpha value is -1.40. The van der Waals surface area contributed by atoms with Crippen LogP contribution in [0.15, 0.2) is 51.8 Å². The van der Waals surface area contributed by atoms with Crippen molar-refractivity contribution in [1.82, 2.24) is 0 Å². The molecular formula is C14H9BrF2O2S. The van der Waals surface area contributed by atoms with Crippen LogP contribution in [0.2, 0.25) is 0 Å². The summed E-state index contributed by atoms with van der Waals surface area (Å²) in [5.41, 5.74) is -0.384. The van der Waals surface area contributed by atoms with Crippen LogP contribution >= 0.6 is 15.9 Å². The molecule has 0 aromatic heterocycles. The van der Waals surface area contributed by atoms with E-state index in [1.54, 1.807) is 24.3 Å². The van der Waals surface area contributed by atoms with E-state index in [4.69, 9.17) is 0 Å². The molecule has 2 aromatic carbocycles. The van der Waals surface area contributed by atoms with Crippen LogP contribution in [0.1, 0.15) is 10.4 Å². The highest BCUT2D eigenvalue weighted by atomic mass is 79.9. The largest absolute Gasteiger partial charge is 0.293 e. The molecule has 0 radical (unpaired) electrons. The molecule has 0 heterocycles. The summed E-state index contributed by atoms with van der Waals surface area (Å²) >= 11 is 3.23. The van der Waals surface area contributed by atoms with Crippen molar-refractivity contribution in [2.45, 2.75) is 4.90 Å². The van der Waals surface area contributed by atoms with E-state index in [1.807, 2.05) is 0 Å². The lowest BCUT2D eigenvalue weighted by Crippen LogP contribution is -2.13. The van der Waals surface area contributed by atoms with Crippen LogP contribution in [-0.2, 0) is 10.8 Å². The first-order valence-electron chi connectivity index (χ1n) is 5.60. The molecule has 0 saturated heterocycles. The second kappa shape index (κ2) is 6.37. The Morgan fingerprint density at radius 3 is 2.55 bits per heavy atom. The third-order valence-corrected chi connectivity index (χ3v) is 4.90. The Labute approximate surface area is 125 Å². The minimum atomic E-state index is -1.63. The van der Waals surface area contributed by atoms with Gasteiger partial charge in [0, 0.05) is 4.47 Å². The van der Waals surface area contributed by atoms with E-state index in [-0.39, 0.29) is 5.56 Å². The maximum atomic E-state index is 13.5. The first-order chi connectivity index (χ1) is 9.49. The number of halogens is 3. The Bertz CT molecular complexity index is 689. The van der Waals surface area contributed by atoms with Crippen LogP contribution in [0.25, 0.3) is 0 Å². The van der Waals surface area contributed by atoms with Crippen molar-refractivity contribution in [1.29, 1.82) is 0 Å². The lowest BCUT2D eigenvalue weighted by Gasteiger charge is -2.05. The van der Waals surface area contributed by atoms with E-state index in [0.29, 0.717) is 9.37 Å². The van der Waals surface area contributed by atoms with Gasteiger partial charge in [-0.25, -0.2) is 8.78 Å². The molecule has 0 aliphatic rings. The van der Waals surface area contributed by atoms with Crippen molar-refractivity contribution < 1.29 is 17.8 Å². The average Bonchev–Trinajstić information content (AvgIpc) is 2.41. The molecule has 6 heteroatoms. The molecule has 0 bridgehead atoms. The highest BCUT2D eigenvalue weighted by Crippen LogP contribution is 2.21. The summed E-state index contributed by atoms with van der Waals surface area (Å²) < 4.78 is 39.2. The van der Waals surface area contributed by atoms with Gasteiger partial charge in [0.15, 0.2) is 5.78 Å². The molecule has 2 nitrogen and oxygen atoms in total. The standard InChI is InChI=1S/C14H9BrF2O2S/c15-11-3-1-2-4-14(11)20(19)8-13(18)10-7-9(16)5-6-12(10)17/h1-7H,8H2. The molecule has 0 saturated carbocycles. The minimum Gasteiger partial charge on any atom is -0.293 e. The summed E-state index contributed by atoms with van der Waals surface area (Å²) in [6, 6.07) is 9.36. The zero-order chi connectivity index (χ0) is 14.7. The zero-order valence-corrected chi connectivity index (χ0v) is 12.5. The molecule has 2 aromatic rings. The number of ketones is 1. The molecule has 0 fully saturated rings. The van der Waals surface area contributed by atoms with E-state index in [2.05, 4.69) is 15.9 Å². The highest BCUT2D eigenvalue weighted by molar-refractivity contribution is 9.10. The molecule has 1 unspecified atom stereocenters. The van der Waals surface area contributed by atoms with Gasteiger partial charge in [-0.15, -0.1) is 0 Å². The molecular weight excluding hydrogens is 350 g/mol. The average molecular weight is 359 g/mol. The van der Waals surface area contributed by atoms with Gasteiger partial charge in [0.2, 0.25) is 0 Å². The lowest BCUT2D eigenvalue weighted by molar-refractivity contribution is 0.101. The van der Waals surface area contributed by atoms with Gasteiger partial charge in [-0.2, -0.15) is 0 Å². The summed E-state index contributed by atoms with van der Waals surface area (Å²) in [7, 11) is -1.63. The normalized spacial score (nSPS) is 12.2. The molecule has 0 amide bonds. The molecule has 0 N–H and O–H groups in total. The van der Waals surface area contributed by atoms with E-state index in [9.17, 15) is 17.8 Å². The van der Waals surface area contributed by atoms with E-state index < -0.39 is 34.0 Å². The first kappa shape index (κ1) is 15.0. The molecule has 1 atom stereocenters. The Balaban J connectivity index is 2.22. The van der Waals surface area contributed by atoms with Crippen molar-refractivity contribution in [3.8, 4) is 0 Å². The van der Waals surface area contributed by atoms with E-state index in [0.717, 1.165) is 18.2 Å². The fourth-order valence-corrected chi connectivity index (χ4v) is 3.51. The Kier molecular flexibility index (Phi) is 4.77. The van der Waals surface area contributed by atoms with Gasteiger partial charge in [-0.3, -0.25) is 9.00 Å². The molecule has 104 valence electrons. The summed E-state index contributed by atoms with van der Waals surface area (Å²) in [4.78, 5) is 12.3. The van der Waals surface area contributed by atoms with Gasteiger partial charge in [0.05, 0.1) is 27.0 Å². The predicted molar refractivity (Wildman–Crippen MR) is 76.1 cm³/mol. The van der Waals surface area contributed by atoms with Crippen LogP contribution < -0.4 is 0 Å². The topological polar surface area (TPSA) is 34.1 Å². The number of benzene rings is 2. The summed E-state index contributed by atoms with van der Waals surface area (Å²) in [6.07, 6.45) is 0. The van der Waals surface area contributed by atoms with Crippen LogP contribution in [0.4, 0.5) is 8.78 Å². The Morgan fingerprint density at radius 1 is 1.15 bits per heavy atom. The second-order valence-corrected chi connectivity index (χ2v) is 6.24. The van der Waals surface area contributed by atoms with E-state index in [1.165, 1.54) is 0 Å². The van der Waals surface area contributed by atoms with Crippen LogP contribution in [-0.4, -0.2) is 15.7 Å². The van der Waals surface area contributed by atoms with Crippen LogP contribution in [0, 0.1) is 11.6 Å². The molecule has 0 spiro atoms. The van der Waals surface area contributed by atoms with Crippen molar-refractivity contribution in [2.24, 2.45) is 0 Å². The van der Waals surface area contributed by atoms with Gasteiger partial charge < -0.3 is 0 Å². The monoisotopic (exact) mass is 358 g/mol. The molecule has 0 aliphatic carbocycles. The van der Waals surface area contributed by atoms with E-state index >= 15 is 0 Å². The number of carbonyl (C=O) groups is 1. The summed E-state index contributed by atoms with van der Waals surface area (Å²) in [5, 5.41) is 0. The Morgan fingerprint density at radius 2 is 1.85 bits per heavy atom. The zero-order valence-electron chi connectivity index (χ0n) is 10.1. The fraction of sp³-hybridized carbons (Fsp3) is 0.0714. The summed E-state index contributed by atoms with van der Waals surface area (Å²) in [6.45, 7) is 0. The summed E-state index contributed by atoms with van der Waals surface area (Å²) in [5.74, 6) is -2.62. The van der Waals surface area contributed by atoms with Crippen LogP contribution in [0.3, 0.4) is 0 Å². The predicted octanol–water partition coefficient (Wildman–Crippen LogP) is 3.72. The van der Waals surface area contributed by atoms with Gasteiger partial charge >= 0.3 is 0 Å². The number of carbonyl (C=O) groups excluding carboxylic acids is 1. The maximum Gasteiger partial charge on any atom is 0.178 e. The van der Waals surface area contributed by atoms with Crippen molar-refractivity contribution in [3.05, 3.63) is 64.1 Å². The van der Waals surface area contributed by atoms with Crippen molar-refractivity contribution in [3.63, 3.8) is 0 Å². The number of hydrogen-bond acceptors (Lipinski definition) is 2. The quantitative estimate of drug-likeness (QED) is 0.780. The minimum absolute atomic E-state index is 0.384. The van der Waals surface area contributed by atoms with Crippen LogP contribution in [0.5, 0.6) is 0 Å². The lowest BCUT2D eigenvalue weighted by atomic mass is 10.1. The second-order valence-electron chi connectivity index (χ2n) is 3.97.